The first-order valence-corrected chi connectivity index (χ1v) is 8.79. The van der Waals surface area contributed by atoms with Crippen molar-refractivity contribution in [3.05, 3.63) is 84.1 Å². The van der Waals surface area contributed by atoms with Crippen molar-refractivity contribution in [2.45, 2.75) is 25.7 Å². The van der Waals surface area contributed by atoms with Crippen LogP contribution >= 0.6 is 0 Å². The third kappa shape index (κ3) is 3.81. The molecule has 0 fully saturated rings. The minimum Gasteiger partial charge on any atom is -0.0616 e. The van der Waals surface area contributed by atoms with Crippen LogP contribution in [0, 0.1) is 0 Å². The Bertz CT molecular complexity index is 912. The van der Waals surface area contributed by atoms with Gasteiger partial charge in [-0.3, -0.25) is 0 Å². The zero-order valence-corrected chi connectivity index (χ0v) is 16.5. The van der Waals surface area contributed by atoms with Crippen molar-refractivity contribution in [3.63, 3.8) is 0 Å². The van der Waals surface area contributed by atoms with Crippen LogP contribution in [0.5, 0.6) is 0 Å². The molecule has 0 N–H and O–H groups in total. The van der Waals surface area contributed by atoms with Crippen molar-refractivity contribution in [2.75, 3.05) is 6.61 Å². The molecule has 0 amide bonds. The van der Waals surface area contributed by atoms with E-state index >= 15 is 0 Å². The van der Waals surface area contributed by atoms with Crippen LogP contribution in [0.1, 0.15) is 24.0 Å². The summed E-state index contributed by atoms with van der Waals surface area (Å²) in [6.45, 7) is 0.733. The second kappa shape index (κ2) is 8.38. The summed E-state index contributed by atoms with van der Waals surface area (Å²) in [5.41, 5.74) is 3.17. The Morgan fingerprint density at radius 1 is 0.720 bits per heavy atom. The Balaban J connectivity index is 0.000000224. The Morgan fingerprint density at radius 2 is 1.56 bits per heavy atom. The molecular weight excluding hydrogens is 371 g/mol. The van der Waals surface area contributed by atoms with E-state index in [0.717, 1.165) is 6.61 Å². The second-order valence-corrected chi connectivity index (χ2v) is 6.38. The van der Waals surface area contributed by atoms with Gasteiger partial charge in [-0.1, -0.05) is 54.6 Å². The minimum atomic E-state index is 0. The SMILES string of the molecule is C1=CCOC=C1.[SeH2].c1ccc2c(c1)ccc1c3c(ccc12)CCCC3. The van der Waals surface area contributed by atoms with Crippen molar-refractivity contribution in [2.24, 2.45) is 0 Å². The molecule has 3 aromatic rings. The number of allylic oxidation sites excluding steroid dienone is 2. The summed E-state index contributed by atoms with van der Waals surface area (Å²) in [6.07, 6.45) is 12.7. The smallest absolute Gasteiger partial charge is 0.0102 e. The zero-order valence-electron chi connectivity index (χ0n) is 14.4. The van der Waals surface area contributed by atoms with Gasteiger partial charge in [-0.15, -0.1) is 0 Å². The number of ether oxygens (including phenoxy) is 1. The molecule has 2 aliphatic rings. The van der Waals surface area contributed by atoms with Gasteiger partial charge in [0.15, 0.2) is 0 Å². The topological polar surface area (TPSA) is 9.23 Å². The third-order valence-electron chi connectivity index (χ3n) is 4.87. The molecule has 2 heteroatoms. The first-order valence-electron chi connectivity index (χ1n) is 8.79. The molecule has 3 aromatic carbocycles. The number of benzene rings is 3. The fourth-order valence-corrected chi connectivity index (χ4v) is 3.69. The van der Waals surface area contributed by atoms with E-state index in [4.69, 9.17) is 4.74 Å². The van der Waals surface area contributed by atoms with Gasteiger partial charge >= 0.3 is 17.1 Å². The van der Waals surface area contributed by atoms with E-state index in [9.17, 15) is 0 Å². The van der Waals surface area contributed by atoms with E-state index in [1.54, 1.807) is 17.4 Å². The molecule has 1 aliphatic carbocycles. The number of hydrogen-bond donors (Lipinski definition) is 0. The molecule has 1 aliphatic heterocycles. The first-order chi connectivity index (χ1) is 11.9. The van der Waals surface area contributed by atoms with E-state index in [1.807, 2.05) is 18.2 Å². The molecule has 5 rings (SSSR count). The predicted molar refractivity (Wildman–Crippen MR) is 111 cm³/mol. The monoisotopic (exact) mass is 396 g/mol. The summed E-state index contributed by atoms with van der Waals surface area (Å²) >= 11 is 0. The second-order valence-electron chi connectivity index (χ2n) is 6.38. The standard InChI is InChI=1S/C18H16.C5H6O.H2Se/c1-3-7-15-13(5-1)9-11-18-16-8-4-2-6-14(16)10-12-17(15)18;1-2-4-6-5-3-1;/h1,3,5,7,9-12H,2,4,6,8H2;1-4H,5H2;1H2. The summed E-state index contributed by atoms with van der Waals surface area (Å²) in [7, 11) is 0. The Hall–Kier alpha value is -2.02. The van der Waals surface area contributed by atoms with Gasteiger partial charge in [0.05, 0.1) is 6.26 Å². The van der Waals surface area contributed by atoms with Gasteiger partial charge in [-0.05, 0) is 70.5 Å². The number of fused-ring (bicyclic) bond motifs is 5. The van der Waals surface area contributed by atoms with Gasteiger partial charge < -0.3 is 4.74 Å². The molecule has 128 valence electrons. The van der Waals surface area contributed by atoms with E-state index in [1.165, 1.54) is 47.2 Å². The van der Waals surface area contributed by atoms with Crippen molar-refractivity contribution in [1.82, 2.24) is 0 Å². The number of aryl methyl sites for hydroxylation is 2. The van der Waals surface area contributed by atoms with Crippen molar-refractivity contribution in [1.29, 1.82) is 0 Å². The van der Waals surface area contributed by atoms with E-state index in [2.05, 4.69) is 48.5 Å². The predicted octanol–water partition coefficient (Wildman–Crippen LogP) is 5.04. The van der Waals surface area contributed by atoms with E-state index in [-0.39, 0.29) is 17.1 Å². The molecule has 25 heavy (non-hydrogen) atoms. The molecule has 0 saturated heterocycles. The summed E-state index contributed by atoms with van der Waals surface area (Å²) < 4.78 is 4.80. The average Bonchev–Trinajstić information content (AvgIpc) is 2.69. The van der Waals surface area contributed by atoms with Gasteiger partial charge in [-0.25, -0.2) is 0 Å². The van der Waals surface area contributed by atoms with Gasteiger partial charge in [-0.2, -0.15) is 0 Å². The van der Waals surface area contributed by atoms with E-state index < -0.39 is 0 Å². The molecule has 0 aromatic heterocycles. The molecule has 0 unspecified atom stereocenters. The number of hydrogen-bond acceptors (Lipinski definition) is 1. The van der Waals surface area contributed by atoms with Crippen molar-refractivity contribution >= 4 is 38.6 Å². The molecule has 0 saturated carbocycles. The van der Waals surface area contributed by atoms with Gasteiger partial charge in [0.2, 0.25) is 0 Å². The quantitative estimate of drug-likeness (QED) is 0.383. The summed E-state index contributed by atoms with van der Waals surface area (Å²) in [6, 6.07) is 18.0. The molecule has 0 bridgehead atoms. The summed E-state index contributed by atoms with van der Waals surface area (Å²) in [5, 5.41) is 5.64. The summed E-state index contributed by atoms with van der Waals surface area (Å²) in [5.74, 6) is 0. The zero-order chi connectivity index (χ0) is 16.2. The van der Waals surface area contributed by atoms with Gasteiger partial charge in [0.25, 0.3) is 0 Å². The summed E-state index contributed by atoms with van der Waals surface area (Å²) in [4.78, 5) is 0. The van der Waals surface area contributed by atoms with Crippen LogP contribution < -0.4 is 0 Å². The van der Waals surface area contributed by atoms with Crippen LogP contribution in [0.4, 0.5) is 0 Å². The van der Waals surface area contributed by atoms with Gasteiger partial charge in [0.1, 0.15) is 6.61 Å². The Morgan fingerprint density at radius 3 is 2.32 bits per heavy atom. The Labute approximate surface area is 159 Å². The Kier molecular flexibility index (Phi) is 5.96. The van der Waals surface area contributed by atoms with Crippen LogP contribution in [-0.4, -0.2) is 23.7 Å². The van der Waals surface area contributed by atoms with Crippen LogP contribution in [0.15, 0.2) is 73.0 Å². The van der Waals surface area contributed by atoms with Crippen molar-refractivity contribution in [3.8, 4) is 0 Å². The normalized spacial score (nSPS) is 14.9. The van der Waals surface area contributed by atoms with Crippen LogP contribution in [-0.2, 0) is 17.6 Å². The average molecular weight is 395 g/mol. The molecular formula is C23H24OSe. The molecule has 1 heterocycles. The maximum Gasteiger partial charge on any atom is -0.0102 e. The largest absolute Gasteiger partial charge is 0.0616 e. The van der Waals surface area contributed by atoms with Crippen LogP contribution in [0.3, 0.4) is 0 Å². The maximum atomic E-state index is 4.80. The van der Waals surface area contributed by atoms with Crippen LogP contribution in [0.25, 0.3) is 21.5 Å². The minimum absolute atomic E-state index is 0. The number of rotatable bonds is 0. The van der Waals surface area contributed by atoms with E-state index in [0.29, 0.717) is 0 Å². The molecule has 0 radical (unpaired) electrons. The third-order valence-corrected chi connectivity index (χ3v) is 4.87. The van der Waals surface area contributed by atoms with Gasteiger partial charge in [0, 0.05) is 0 Å². The molecule has 0 spiro atoms. The molecule has 0 atom stereocenters. The fourth-order valence-electron chi connectivity index (χ4n) is 3.69. The van der Waals surface area contributed by atoms with Crippen molar-refractivity contribution < 1.29 is 4.74 Å². The maximum absolute atomic E-state index is 4.80. The molecule has 1 nitrogen and oxygen atoms in total. The fraction of sp³-hybridized carbons (Fsp3) is 0.217. The first kappa shape index (κ1) is 17.8. The van der Waals surface area contributed by atoms with Crippen LogP contribution in [0.2, 0.25) is 0 Å².